The quantitative estimate of drug-likeness (QED) is 0.264. The zero-order valence-electron chi connectivity index (χ0n) is 18.9. The predicted octanol–water partition coefficient (Wildman–Crippen LogP) is 2.92. The molecule has 3 aromatic rings. The number of nitrogens with two attached hydrogens (primary N) is 1. The van der Waals surface area contributed by atoms with Crippen LogP contribution in [0.15, 0.2) is 42.9 Å². The minimum absolute atomic E-state index is 0.148. The van der Waals surface area contributed by atoms with Gasteiger partial charge in [-0.05, 0) is 62.3 Å². The second-order valence-electron chi connectivity index (χ2n) is 8.67. The van der Waals surface area contributed by atoms with Gasteiger partial charge in [-0.2, -0.15) is 0 Å². The number of rotatable bonds is 11. The third kappa shape index (κ3) is 5.88. The van der Waals surface area contributed by atoms with Crippen LogP contribution in [0.3, 0.4) is 0 Å². The lowest BCUT2D eigenvalue weighted by atomic mass is 9.83. The summed E-state index contributed by atoms with van der Waals surface area (Å²) in [5.74, 6) is -0.583. The van der Waals surface area contributed by atoms with Crippen LogP contribution in [0.4, 0.5) is 0 Å². The van der Waals surface area contributed by atoms with E-state index in [0.717, 1.165) is 42.1 Å². The first-order valence-corrected chi connectivity index (χ1v) is 12.3. The van der Waals surface area contributed by atoms with Gasteiger partial charge in [-0.25, -0.2) is 9.78 Å². The SMILES string of the molecule is N[C@@](CCCC1CCCc2cccnc21)(NC(=O)c1ccc(CNCc2ncc[nH]2)s1)C(=O)O. The number of nitrogens with zero attached hydrogens (tertiary/aromatic N) is 2. The smallest absolute Gasteiger partial charge is 0.344 e. The van der Waals surface area contributed by atoms with E-state index in [1.54, 1.807) is 18.5 Å². The highest BCUT2D eigenvalue weighted by molar-refractivity contribution is 7.14. The molecule has 1 unspecified atom stereocenters. The summed E-state index contributed by atoms with van der Waals surface area (Å²) in [4.78, 5) is 37.8. The fourth-order valence-corrected chi connectivity index (χ4v) is 5.27. The first-order chi connectivity index (χ1) is 16.4. The summed E-state index contributed by atoms with van der Waals surface area (Å²) in [6.45, 7) is 1.15. The average molecular weight is 483 g/mol. The van der Waals surface area contributed by atoms with Crippen LogP contribution in [-0.4, -0.2) is 37.6 Å². The number of hydrogen-bond acceptors (Lipinski definition) is 7. The van der Waals surface area contributed by atoms with Gasteiger partial charge in [0.1, 0.15) is 5.82 Å². The Bertz CT molecular complexity index is 1120. The van der Waals surface area contributed by atoms with Gasteiger partial charge in [0, 0.05) is 41.6 Å². The number of thiophene rings is 1. The molecule has 6 N–H and O–H groups in total. The number of H-pyrrole nitrogens is 1. The Labute approximate surface area is 202 Å². The van der Waals surface area contributed by atoms with E-state index < -0.39 is 17.5 Å². The second-order valence-corrected chi connectivity index (χ2v) is 9.83. The average Bonchev–Trinajstić information content (AvgIpc) is 3.52. The summed E-state index contributed by atoms with van der Waals surface area (Å²) in [6.07, 6.45) is 9.95. The molecule has 2 atom stereocenters. The van der Waals surface area contributed by atoms with Crippen molar-refractivity contribution in [1.29, 1.82) is 0 Å². The Hall–Kier alpha value is -3.08. The maximum atomic E-state index is 12.8. The molecule has 0 saturated heterocycles. The molecule has 180 valence electrons. The third-order valence-electron chi connectivity index (χ3n) is 6.19. The summed E-state index contributed by atoms with van der Waals surface area (Å²) in [5.41, 5.74) is 6.73. The number of amides is 1. The van der Waals surface area contributed by atoms with Crippen molar-refractivity contribution in [2.45, 2.75) is 63.2 Å². The Morgan fingerprint density at radius 3 is 2.91 bits per heavy atom. The lowest BCUT2D eigenvalue weighted by Crippen LogP contribution is -2.61. The number of carboxylic acids is 1. The Morgan fingerprint density at radius 2 is 2.12 bits per heavy atom. The van der Waals surface area contributed by atoms with E-state index in [1.807, 2.05) is 18.3 Å². The first-order valence-electron chi connectivity index (χ1n) is 11.5. The lowest BCUT2D eigenvalue weighted by Gasteiger charge is -2.28. The number of carbonyl (C=O) groups excluding carboxylic acids is 1. The second kappa shape index (κ2) is 10.9. The van der Waals surface area contributed by atoms with Crippen LogP contribution < -0.4 is 16.4 Å². The number of aromatic nitrogens is 3. The fraction of sp³-hybridized carbons (Fsp3) is 0.417. The molecule has 0 saturated carbocycles. The molecule has 0 spiro atoms. The van der Waals surface area contributed by atoms with E-state index in [9.17, 15) is 14.7 Å². The van der Waals surface area contributed by atoms with E-state index in [4.69, 9.17) is 5.73 Å². The lowest BCUT2D eigenvalue weighted by molar-refractivity contribution is -0.144. The monoisotopic (exact) mass is 482 g/mol. The number of aryl methyl sites for hydroxylation is 1. The standard InChI is InChI=1S/C24H30N6O3S/c25-24(23(32)33,10-2-6-16-4-1-5-17-7-3-11-29-21(16)17)30-22(31)19-9-8-18(34-19)14-26-15-20-27-12-13-28-20/h3,7-9,11-13,16,26H,1-2,4-6,10,14-15,25H2,(H,27,28)(H,30,31)(H,32,33)/t16?,24-/m0/s1. The number of aliphatic carboxylic acids is 1. The van der Waals surface area contributed by atoms with Crippen molar-refractivity contribution in [2.75, 3.05) is 0 Å². The molecular formula is C24H30N6O3S. The van der Waals surface area contributed by atoms with E-state index in [-0.39, 0.29) is 6.42 Å². The number of carboxylic acid groups (broad SMARTS) is 1. The molecule has 0 radical (unpaired) electrons. The van der Waals surface area contributed by atoms with Crippen molar-refractivity contribution in [3.05, 3.63) is 69.7 Å². The highest BCUT2D eigenvalue weighted by Crippen LogP contribution is 2.34. The predicted molar refractivity (Wildman–Crippen MR) is 129 cm³/mol. The van der Waals surface area contributed by atoms with Crippen LogP contribution in [0.2, 0.25) is 0 Å². The van der Waals surface area contributed by atoms with Gasteiger partial charge in [0.15, 0.2) is 5.66 Å². The molecule has 1 aliphatic carbocycles. The summed E-state index contributed by atoms with van der Waals surface area (Å²) in [7, 11) is 0. The van der Waals surface area contributed by atoms with E-state index >= 15 is 0 Å². The number of imidazole rings is 1. The first kappa shape index (κ1) is 24.1. The molecule has 3 heterocycles. The minimum Gasteiger partial charge on any atom is -0.478 e. The van der Waals surface area contributed by atoms with Gasteiger partial charge >= 0.3 is 5.97 Å². The number of hydrogen-bond donors (Lipinski definition) is 5. The maximum absolute atomic E-state index is 12.8. The molecule has 10 heteroatoms. The van der Waals surface area contributed by atoms with Gasteiger partial charge in [0.05, 0.1) is 11.4 Å². The zero-order valence-corrected chi connectivity index (χ0v) is 19.7. The molecule has 0 fully saturated rings. The van der Waals surface area contributed by atoms with E-state index in [1.165, 1.54) is 16.9 Å². The number of fused-ring (bicyclic) bond motifs is 1. The van der Waals surface area contributed by atoms with Crippen molar-refractivity contribution < 1.29 is 14.7 Å². The third-order valence-corrected chi connectivity index (χ3v) is 7.27. The van der Waals surface area contributed by atoms with E-state index in [0.29, 0.717) is 30.3 Å². The topological polar surface area (TPSA) is 146 Å². The van der Waals surface area contributed by atoms with Gasteiger partial charge in [-0.3, -0.25) is 15.5 Å². The van der Waals surface area contributed by atoms with Gasteiger partial charge in [0.25, 0.3) is 5.91 Å². The minimum atomic E-state index is -1.82. The zero-order chi connectivity index (χ0) is 24.0. The molecule has 4 rings (SSSR count). The largest absolute Gasteiger partial charge is 0.478 e. The van der Waals surface area contributed by atoms with Crippen LogP contribution in [-0.2, 0) is 24.3 Å². The van der Waals surface area contributed by atoms with Gasteiger partial charge in [-0.1, -0.05) is 6.07 Å². The number of pyridine rings is 1. The van der Waals surface area contributed by atoms with Crippen LogP contribution in [0, 0.1) is 0 Å². The highest BCUT2D eigenvalue weighted by atomic mass is 32.1. The molecule has 1 aliphatic rings. The molecule has 1 amide bonds. The van der Waals surface area contributed by atoms with Crippen LogP contribution in [0.5, 0.6) is 0 Å². The summed E-state index contributed by atoms with van der Waals surface area (Å²) in [5, 5.41) is 15.6. The summed E-state index contributed by atoms with van der Waals surface area (Å²) in [6, 6.07) is 7.61. The Balaban J connectivity index is 1.30. The van der Waals surface area contributed by atoms with Gasteiger partial charge < -0.3 is 20.7 Å². The molecule has 3 aromatic heterocycles. The summed E-state index contributed by atoms with van der Waals surface area (Å²) < 4.78 is 0. The Kier molecular flexibility index (Phi) is 7.71. The van der Waals surface area contributed by atoms with Crippen molar-refractivity contribution in [2.24, 2.45) is 5.73 Å². The van der Waals surface area contributed by atoms with Crippen molar-refractivity contribution in [3.8, 4) is 0 Å². The van der Waals surface area contributed by atoms with Crippen molar-refractivity contribution >= 4 is 23.2 Å². The van der Waals surface area contributed by atoms with Crippen molar-refractivity contribution in [3.63, 3.8) is 0 Å². The highest BCUT2D eigenvalue weighted by Gasteiger charge is 2.36. The normalized spacial score (nSPS) is 17.0. The molecule has 9 nitrogen and oxygen atoms in total. The molecule has 0 aromatic carbocycles. The Morgan fingerprint density at radius 1 is 1.24 bits per heavy atom. The van der Waals surface area contributed by atoms with Gasteiger partial charge in [-0.15, -0.1) is 11.3 Å². The van der Waals surface area contributed by atoms with Crippen molar-refractivity contribution in [1.82, 2.24) is 25.6 Å². The van der Waals surface area contributed by atoms with Crippen LogP contribution in [0.25, 0.3) is 0 Å². The van der Waals surface area contributed by atoms with Gasteiger partial charge in [0.2, 0.25) is 0 Å². The number of aromatic amines is 1. The van der Waals surface area contributed by atoms with Crippen LogP contribution in [0.1, 0.15) is 69.7 Å². The molecular weight excluding hydrogens is 452 g/mol. The summed E-state index contributed by atoms with van der Waals surface area (Å²) >= 11 is 1.31. The number of nitrogens with one attached hydrogen (secondary N) is 3. The molecule has 34 heavy (non-hydrogen) atoms. The molecule has 0 bridgehead atoms. The number of carbonyl (C=O) groups is 2. The van der Waals surface area contributed by atoms with Crippen LogP contribution >= 0.6 is 11.3 Å². The van der Waals surface area contributed by atoms with E-state index in [2.05, 4.69) is 31.7 Å². The molecule has 0 aliphatic heterocycles. The fourth-order valence-electron chi connectivity index (χ4n) is 4.39. The maximum Gasteiger partial charge on any atom is 0.344 e.